The second-order valence-corrected chi connectivity index (χ2v) is 7.99. The number of aromatic nitrogens is 2. The monoisotopic (exact) mass is 419 g/mol. The van der Waals surface area contributed by atoms with Gasteiger partial charge in [-0.2, -0.15) is 0 Å². The minimum Gasteiger partial charge on any atom is -0.323 e. The third-order valence-electron chi connectivity index (χ3n) is 5.57. The highest BCUT2D eigenvalue weighted by Gasteiger charge is 2.34. The van der Waals surface area contributed by atoms with Crippen LogP contribution in [0.1, 0.15) is 23.7 Å². The van der Waals surface area contributed by atoms with Crippen LogP contribution in [-0.4, -0.2) is 22.0 Å². The summed E-state index contributed by atoms with van der Waals surface area (Å²) in [5.74, 6) is 0.670. The zero-order chi connectivity index (χ0) is 20.7. The number of halogens is 2. The molecule has 4 nitrogen and oxygen atoms in total. The molecule has 0 spiro atoms. The van der Waals surface area contributed by atoms with E-state index in [-0.39, 0.29) is 17.6 Å². The summed E-state index contributed by atoms with van der Waals surface area (Å²) in [6.45, 7) is 1.13. The summed E-state index contributed by atoms with van der Waals surface area (Å²) in [5.41, 5.74) is 3.73. The van der Waals surface area contributed by atoms with E-state index in [1.54, 1.807) is 29.2 Å². The van der Waals surface area contributed by atoms with Gasteiger partial charge in [0.1, 0.15) is 11.6 Å². The highest BCUT2D eigenvalue weighted by Crippen LogP contribution is 2.34. The lowest BCUT2D eigenvalue weighted by molar-refractivity contribution is -0.117. The molecule has 2 heterocycles. The molecule has 0 aliphatic carbocycles. The Kier molecular flexibility index (Phi) is 4.75. The first-order valence-corrected chi connectivity index (χ1v) is 10.2. The molecule has 1 amide bonds. The number of hydrogen-bond acceptors (Lipinski definition) is 2. The van der Waals surface area contributed by atoms with Gasteiger partial charge in [-0.05, 0) is 54.1 Å². The van der Waals surface area contributed by atoms with Crippen molar-refractivity contribution in [1.82, 2.24) is 9.55 Å². The van der Waals surface area contributed by atoms with Crippen LogP contribution in [0.25, 0.3) is 11.0 Å². The maximum Gasteiger partial charge on any atom is 0.227 e. The molecule has 30 heavy (non-hydrogen) atoms. The van der Waals surface area contributed by atoms with Gasteiger partial charge in [0.15, 0.2) is 0 Å². The Morgan fingerprint density at radius 2 is 1.73 bits per heavy atom. The summed E-state index contributed by atoms with van der Waals surface area (Å²) in [5, 5.41) is 0.642. The van der Waals surface area contributed by atoms with Crippen molar-refractivity contribution in [3.63, 3.8) is 0 Å². The summed E-state index contributed by atoms with van der Waals surface area (Å²) < 4.78 is 15.5. The van der Waals surface area contributed by atoms with E-state index < -0.39 is 0 Å². The van der Waals surface area contributed by atoms with Gasteiger partial charge in [0.05, 0.1) is 11.0 Å². The predicted molar refractivity (Wildman–Crippen MR) is 116 cm³/mol. The molecule has 1 atom stereocenters. The van der Waals surface area contributed by atoms with E-state index in [0.29, 0.717) is 24.5 Å². The van der Waals surface area contributed by atoms with Crippen molar-refractivity contribution >= 4 is 34.2 Å². The van der Waals surface area contributed by atoms with Crippen molar-refractivity contribution in [1.29, 1.82) is 0 Å². The second-order valence-electron chi connectivity index (χ2n) is 7.55. The lowest BCUT2D eigenvalue weighted by atomic mass is 10.1. The van der Waals surface area contributed by atoms with Gasteiger partial charge in [0.25, 0.3) is 0 Å². The SMILES string of the molecule is O=C1C[C@@H](c2nc3ccccc3n2Cc2ccc(F)cc2)CN1c1ccc(Cl)cc1. The van der Waals surface area contributed by atoms with Crippen molar-refractivity contribution in [2.75, 3.05) is 11.4 Å². The second kappa shape index (κ2) is 7.58. The van der Waals surface area contributed by atoms with Gasteiger partial charge in [-0.3, -0.25) is 4.79 Å². The zero-order valence-corrected chi connectivity index (χ0v) is 16.9. The maximum absolute atomic E-state index is 13.3. The number of anilines is 1. The Balaban J connectivity index is 1.51. The molecular formula is C24H19ClFN3O. The molecule has 6 heteroatoms. The van der Waals surface area contributed by atoms with Crippen LogP contribution in [0.5, 0.6) is 0 Å². The lowest BCUT2D eigenvalue weighted by Crippen LogP contribution is -2.24. The number of fused-ring (bicyclic) bond motifs is 1. The third kappa shape index (κ3) is 3.46. The fourth-order valence-electron chi connectivity index (χ4n) is 4.10. The fraction of sp³-hybridized carbons (Fsp3) is 0.167. The number of benzene rings is 3. The number of imidazole rings is 1. The quantitative estimate of drug-likeness (QED) is 0.444. The van der Waals surface area contributed by atoms with Crippen LogP contribution >= 0.6 is 11.6 Å². The van der Waals surface area contributed by atoms with Gasteiger partial charge in [-0.15, -0.1) is 0 Å². The van der Waals surface area contributed by atoms with Crippen molar-refractivity contribution in [3.05, 3.63) is 95.0 Å². The molecule has 0 radical (unpaired) electrons. The largest absolute Gasteiger partial charge is 0.323 e. The Morgan fingerprint density at radius 1 is 1.00 bits per heavy atom. The Bertz CT molecular complexity index is 1220. The average Bonchev–Trinajstić information content (AvgIpc) is 3.31. The van der Waals surface area contributed by atoms with E-state index in [4.69, 9.17) is 16.6 Å². The molecule has 0 unspecified atom stereocenters. The Morgan fingerprint density at radius 3 is 2.50 bits per heavy atom. The molecule has 4 aromatic rings. The number of carbonyl (C=O) groups excluding carboxylic acids is 1. The summed E-state index contributed by atoms with van der Waals surface area (Å²) in [4.78, 5) is 19.4. The van der Waals surface area contributed by atoms with E-state index in [0.717, 1.165) is 28.1 Å². The summed E-state index contributed by atoms with van der Waals surface area (Å²) in [6.07, 6.45) is 0.398. The van der Waals surface area contributed by atoms with Crippen molar-refractivity contribution in [2.24, 2.45) is 0 Å². The van der Waals surface area contributed by atoms with Crippen LogP contribution in [-0.2, 0) is 11.3 Å². The van der Waals surface area contributed by atoms with Crippen LogP contribution in [0.15, 0.2) is 72.8 Å². The molecule has 1 aliphatic heterocycles. The smallest absolute Gasteiger partial charge is 0.227 e. The van der Waals surface area contributed by atoms with E-state index in [9.17, 15) is 9.18 Å². The van der Waals surface area contributed by atoms with Crippen molar-refractivity contribution < 1.29 is 9.18 Å². The molecule has 0 N–H and O–H groups in total. The molecule has 1 fully saturated rings. The number of nitrogens with zero attached hydrogens (tertiary/aromatic N) is 3. The summed E-state index contributed by atoms with van der Waals surface area (Å²) in [6, 6.07) is 21.8. The molecule has 1 aliphatic rings. The number of para-hydroxylation sites is 2. The molecule has 5 rings (SSSR count). The zero-order valence-electron chi connectivity index (χ0n) is 16.1. The van der Waals surface area contributed by atoms with Crippen LogP contribution < -0.4 is 4.90 Å². The molecule has 0 saturated carbocycles. The van der Waals surface area contributed by atoms with Gasteiger partial charge in [0.2, 0.25) is 5.91 Å². The lowest BCUT2D eigenvalue weighted by Gasteiger charge is -2.17. The maximum atomic E-state index is 13.3. The van der Waals surface area contributed by atoms with Crippen molar-refractivity contribution in [3.8, 4) is 0 Å². The molecule has 0 bridgehead atoms. The highest BCUT2D eigenvalue weighted by molar-refractivity contribution is 6.30. The average molecular weight is 420 g/mol. The van der Waals surface area contributed by atoms with E-state index >= 15 is 0 Å². The van der Waals surface area contributed by atoms with E-state index in [1.165, 1.54) is 12.1 Å². The van der Waals surface area contributed by atoms with Gasteiger partial charge in [-0.25, -0.2) is 9.37 Å². The summed E-state index contributed by atoms with van der Waals surface area (Å²) in [7, 11) is 0. The molecule has 1 saturated heterocycles. The molecule has 1 aromatic heterocycles. The topological polar surface area (TPSA) is 38.1 Å². The first-order valence-electron chi connectivity index (χ1n) is 9.84. The third-order valence-corrected chi connectivity index (χ3v) is 5.82. The molecule has 150 valence electrons. The predicted octanol–water partition coefficient (Wildman–Crippen LogP) is 5.40. The Labute approximate surface area is 178 Å². The normalized spacial score (nSPS) is 16.5. The number of hydrogen-bond donors (Lipinski definition) is 0. The van der Waals surface area contributed by atoms with Crippen molar-refractivity contribution in [2.45, 2.75) is 18.9 Å². The number of carbonyl (C=O) groups is 1. The Hall–Kier alpha value is -3.18. The van der Waals surface area contributed by atoms with Gasteiger partial charge < -0.3 is 9.47 Å². The molecule has 3 aromatic carbocycles. The van der Waals surface area contributed by atoms with Gasteiger partial charge >= 0.3 is 0 Å². The van der Waals surface area contributed by atoms with Gasteiger partial charge in [0, 0.05) is 36.1 Å². The van der Waals surface area contributed by atoms with Crippen LogP contribution in [0.4, 0.5) is 10.1 Å². The summed E-state index contributed by atoms with van der Waals surface area (Å²) >= 11 is 5.99. The molecular weight excluding hydrogens is 401 g/mol. The van der Waals surface area contributed by atoms with Crippen LogP contribution in [0.2, 0.25) is 5.02 Å². The van der Waals surface area contributed by atoms with E-state index in [2.05, 4.69) is 4.57 Å². The number of amides is 1. The fourth-order valence-corrected chi connectivity index (χ4v) is 4.22. The highest BCUT2D eigenvalue weighted by atomic mass is 35.5. The van der Waals surface area contributed by atoms with E-state index in [1.807, 2.05) is 36.4 Å². The van der Waals surface area contributed by atoms with Crippen LogP contribution in [0.3, 0.4) is 0 Å². The minimum absolute atomic E-state index is 0.0268. The minimum atomic E-state index is -0.255. The van der Waals surface area contributed by atoms with Gasteiger partial charge in [-0.1, -0.05) is 35.9 Å². The number of rotatable bonds is 4. The first kappa shape index (κ1) is 18.8. The first-order chi connectivity index (χ1) is 14.6. The standard InChI is InChI=1S/C24H19ClFN3O/c25-18-7-11-20(12-8-18)28-15-17(13-23(28)30)24-27-21-3-1-2-4-22(21)29(24)14-16-5-9-19(26)10-6-16/h1-12,17H,13-15H2/t17-/m1/s1. The van der Waals surface area contributed by atoms with Crippen LogP contribution in [0, 0.1) is 5.82 Å².